The van der Waals surface area contributed by atoms with E-state index in [0.717, 1.165) is 43.7 Å². The molecule has 0 fully saturated rings. The van der Waals surface area contributed by atoms with Crippen LogP contribution in [0, 0.1) is 20.2 Å². The summed E-state index contributed by atoms with van der Waals surface area (Å²) in [5.41, 5.74) is 3.56. The molecule has 0 unspecified atom stereocenters. The van der Waals surface area contributed by atoms with Crippen molar-refractivity contribution in [2.45, 2.75) is 26.2 Å². The second-order valence-electron chi connectivity index (χ2n) is 7.98. The van der Waals surface area contributed by atoms with Crippen molar-refractivity contribution in [1.82, 2.24) is 0 Å². The third-order valence-electron chi connectivity index (χ3n) is 5.43. The molecule has 0 saturated carbocycles. The second kappa shape index (κ2) is 13.6. The highest BCUT2D eigenvalue weighted by Gasteiger charge is 2.07. The first-order chi connectivity index (χ1) is 16.3. The first kappa shape index (κ1) is 26.3. The fourth-order valence-corrected chi connectivity index (χ4v) is 3.25. The Balaban J connectivity index is 0.000000248. The lowest BCUT2D eigenvalue weighted by atomic mass is 10.1. The van der Waals surface area contributed by atoms with E-state index in [4.69, 9.17) is 0 Å². The van der Waals surface area contributed by atoms with E-state index in [2.05, 4.69) is 28.9 Å². The fraction of sp³-hybridized carbons (Fsp3) is 0.308. The van der Waals surface area contributed by atoms with Gasteiger partial charge in [0.05, 0.1) is 9.85 Å². The highest BCUT2D eigenvalue weighted by atomic mass is 16.6. The molecule has 0 aromatic heterocycles. The van der Waals surface area contributed by atoms with Gasteiger partial charge in [-0.25, -0.2) is 0 Å². The van der Waals surface area contributed by atoms with Gasteiger partial charge in [0.2, 0.25) is 0 Å². The van der Waals surface area contributed by atoms with Crippen LogP contribution in [0.1, 0.15) is 25.3 Å². The summed E-state index contributed by atoms with van der Waals surface area (Å²) in [6.07, 6.45) is 3.24. The van der Waals surface area contributed by atoms with Crippen LogP contribution in [0.15, 0.2) is 78.9 Å². The predicted octanol–water partition coefficient (Wildman–Crippen LogP) is 6.10. The van der Waals surface area contributed by atoms with Crippen LogP contribution in [-0.2, 0) is 6.42 Å². The lowest BCUT2D eigenvalue weighted by Crippen LogP contribution is -2.20. The molecule has 0 aliphatic carbocycles. The lowest BCUT2D eigenvalue weighted by molar-refractivity contribution is -0.385. The molecule has 0 aliphatic rings. The topological polar surface area (TPSA) is 92.8 Å². The van der Waals surface area contributed by atoms with E-state index in [9.17, 15) is 20.2 Å². The summed E-state index contributed by atoms with van der Waals surface area (Å²) in [6.45, 7) is 4.00. The van der Waals surface area contributed by atoms with Crippen molar-refractivity contribution >= 4 is 22.7 Å². The summed E-state index contributed by atoms with van der Waals surface area (Å²) >= 11 is 0. The number of hydrogen-bond donors (Lipinski definition) is 0. The minimum atomic E-state index is -0.381. The third-order valence-corrected chi connectivity index (χ3v) is 5.43. The number of non-ortho nitro benzene ring substituents is 2. The van der Waals surface area contributed by atoms with Crippen LogP contribution in [0.3, 0.4) is 0 Å². The van der Waals surface area contributed by atoms with E-state index in [0.29, 0.717) is 0 Å². The predicted molar refractivity (Wildman–Crippen MR) is 138 cm³/mol. The van der Waals surface area contributed by atoms with E-state index in [1.165, 1.54) is 29.8 Å². The monoisotopic (exact) mass is 464 g/mol. The van der Waals surface area contributed by atoms with Crippen LogP contribution < -0.4 is 9.80 Å². The van der Waals surface area contributed by atoms with Gasteiger partial charge in [-0.2, -0.15) is 0 Å². The minimum Gasteiger partial charge on any atom is -0.375 e. The van der Waals surface area contributed by atoms with Crippen molar-refractivity contribution in [2.75, 3.05) is 37.0 Å². The van der Waals surface area contributed by atoms with Gasteiger partial charge < -0.3 is 9.80 Å². The smallest absolute Gasteiger partial charge is 0.269 e. The zero-order valence-corrected chi connectivity index (χ0v) is 20.0. The average molecular weight is 465 g/mol. The molecule has 0 radical (unpaired) electrons. The van der Waals surface area contributed by atoms with Gasteiger partial charge in [0.15, 0.2) is 0 Å². The summed E-state index contributed by atoms with van der Waals surface area (Å²) in [6, 6.07) is 23.5. The maximum absolute atomic E-state index is 10.6. The van der Waals surface area contributed by atoms with E-state index < -0.39 is 0 Å². The Bertz CT molecular complexity index is 1020. The molecular weight excluding hydrogens is 432 g/mol. The highest BCUT2D eigenvalue weighted by molar-refractivity contribution is 5.51. The molecule has 0 saturated heterocycles. The number of nitro benzene ring substituents is 2. The van der Waals surface area contributed by atoms with Crippen molar-refractivity contribution in [1.29, 1.82) is 0 Å². The molecule has 3 aromatic rings. The minimum absolute atomic E-state index is 0.125. The van der Waals surface area contributed by atoms with Gasteiger partial charge in [0.25, 0.3) is 11.4 Å². The van der Waals surface area contributed by atoms with Crippen molar-refractivity contribution in [3.05, 3.63) is 105 Å². The Morgan fingerprint density at radius 2 is 1.12 bits per heavy atom. The Kier molecular flexibility index (Phi) is 10.5. The van der Waals surface area contributed by atoms with Crippen LogP contribution in [0.2, 0.25) is 0 Å². The first-order valence-corrected chi connectivity index (χ1v) is 11.3. The molecule has 0 aliphatic heterocycles. The van der Waals surface area contributed by atoms with Gasteiger partial charge in [0.1, 0.15) is 0 Å². The number of anilines is 2. The van der Waals surface area contributed by atoms with Gasteiger partial charge in [0, 0.05) is 62.8 Å². The summed E-state index contributed by atoms with van der Waals surface area (Å²) in [5.74, 6) is 0. The maximum atomic E-state index is 10.6. The van der Waals surface area contributed by atoms with E-state index >= 15 is 0 Å². The van der Waals surface area contributed by atoms with Crippen molar-refractivity contribution < 1.29 is 9.85 Å². The van der Waals surface area contributed by atoms with E-state index in [1.807, 2.05) is 32.3 Å². The Hall–Kier alpha value is -3.94. The summed E-state index contributed by atoms with van der Waals surface area (Å²) in [5, 5.41) is 21.0. The summed E-state index contributed by atoms with van der Waals surface area (Å²) in [4.78, 5) is 24.5. The average Bonchev–Trinajstić information content (AvgIpc) is 2.87. The quantitative estimate of drug-likeness (QED) is 0.266. The molecule has 0 N–H and O–H groups in total. The number of hydrogen-bond acceptors (Lipinski definition) is 6. The number of rotatable bonds is 10. The fourth-order valence-electron chi connectivity index (χ4n) is 3.25. The number of unbranched alkanes of at least 4 members (excludes halogenated alkanes) is 1. The highest BCUT2D eigenvalue weighted by Crippen LogP contribution is 2.19. The SMILES string of the molecule is CCCCN(C)c1ccc([N+](=O)[O-])cc1.CN(CCc1ccccc1)c1ccc([N+](=O)[O-])cc1. The molecule has 0 amide bonds. The molecule has 0 atom stereocenters. The molecular formula is C26H32N4O4. The van der Waals surface area contributed by atoms with Crippen molar-refractivity contribution in [3.63, 3.8) is 0 Å². The first-order valence-electron chi connectivity index (χ1n) is 11.3. The molecule has 0 heterocycles. The van der Waals surface area contributed by atoms with Crippen LogP contribution in [0.4, 0.5) is 22.7 Å². The summed E-state index contributed by atoms with van der Waals surface area (Å²) in [7, 11) is 3.99. The zero-order chi connectivity index (χ0) is 24.9. The van der Waals surface area contributed by atoms with Gasteiger partial charge in [-0.15, -0.1) is 0 Å². The van der Waals surface area contributed by atoms with Crippen LogP contribution in [0.5, 0.6) is 0 Å². The Morgan fingerprint density at radius 3 is 1.53 bits per heavy atom. The molecule has 34 heavy (non-hydrogen) atoms. The van der Waals surface area contributed by atoms with E-state index in [-0.39, 0.29) is 21.2 Å². The number of nitrogens with zero attached hydrogens (tertiary/aromatic N) is 4. The molecule has 180 valence electrons. The standard InChI is InChI=1S/C15H16N2O2.C11H16N2O2/c1-16(12-11-13-5-3-2-4-6-13)14-7-9-15(10-8-14)17(18)19;1-3-4-9-12(2)10-5-7-11(8-6-10)13(14)15/h2-10H,11-12H2,1H3;5-8H,3-4,9H2,1-2H3. The normalized spacial score (nSPS) is 10.1. The van der Waals surface area contributed by atoms with Gasteiger partial charge >= 0.3 is 0 Å². The van der Waals surface area contributed by atoms with E-state index in [1.54, 1.807) is 24.3 Å². The largest absolute Gasteiger partial charge is 0.375 e. The van der Waals surface area contributed by atoms with Crippen molar-refractivity contribution in [3.8, 4) is 0 Å². The van der Waals surface area contributed by atoms with Crippen LogP contribution >= 0.6 is 0 Å². The maximum Gasteiger partial charge on any atom is 0.269 e. The molecule has 0 bridgehead atoms. The molecule has 0 spiro atoms. The van der Waals surface area contributed by atoms with Gasteiger partial charge in [-0.3, -0.25) is 20.2 Å². The van der Waals surface area contributed by atoms with Crippen LogP contribution in [0.25, 0.3) is 0 Å². The molecule has 3 rings (SSSR count). The molecule has 8 nitrogen and oxygen atoms in total. The van der Waals surface area contributed by atoms with Gasteiger partial charge in [-0.05, 0) is 42.7 Å². The Labute approximate surface area is 200 Å². The number of benzene rings is 3. The molecule has 3 aromatic carbocycles. The number of nitro groups is 2. The second-order valence-corrected chi connectivity index (χ2v) is 7.98. The third kappa shape index (κ3) is 8.54. The van der Waals surface area contributed by atoms with Crippen LogP contribution in [-0.4, -0.2) is 37.0 Å². The van der Waals surface area contributed by atoms with Crippen molar-refractivity contribution in [2.24, 2.45) is 0 Å². The lowest BCUT2D eigenvalue weighted by Gasteiger charge is -2.19. The summed E-state index contributed by atoms with van der Waals surface area (Å²) < 4.78 is 0. The Morgan fingerprint density at radius 1 is 0.676 bits per heavy atom. The number of likely N-dealkylation sites (N-methyl/N-ethyl adjacent to an activating group) is 1. The van der Waals surface area contributed by atoms with Gasteiger partial charge in [-0.1, -0.05) is 43.7 Å². The molecule has 8 heteroatoms. The zero-order valence-electron chi connectivity index (χ0n) is 20.0.